The second-order valence-electron chi connectivity index (χ2n) is 3.82. The predicted molar refractivity (Wildman–Crippen MR) is 64.3 cm³/mol. The summed E-state index contributed by atoms with van der Waals surface area (Å²) in [7, 11) is 1.88. The molecule has 0 fully saturated rings. The van der Waals surface area contributed by atoms with E-state index in [9.17, 15) is 4.79 Å². The minimum atomic E-state index is -0.298. The van der Waals surface area contributed by atoms with Crippen molar-refractivity contribution in [1.29, 1.82) is 5.26 Å². The molecule has 1 N–H and O–H groups in total. The van der Waals surface area contributed by atoms with Crippen LogP contribution < -0.4 is 5.32 Å². The lowest BCUT2D eigenvalue weighted by Gasteiger charge is -2.02. The quantitative estimate of drug-likeness (QED) is 0.850. The van der Waals surface area contributed by atoms with Crippen LogP contribution in [0.25, 0.3) is 10.9 Å². The first-order valence-corrected chi connectivity index (χ1v) is 5.22. The van der Waals surface area contributed by atoms with Gasteiger partial charge in [0.2, 0.25) is 5.91 Å². The Morgan fingerprint density at radius 3 is 3.06 bits per heavy atom. The number of hydrogen-bond donors (Lipinski definition) is 1. The summed E-state index contributed by atoms with van der Waals surface area (Å²) in [6.07, 6.45) is -0.135. The molecule has 5 heteroatoms. The molecule has 2 rings (SSSR count). The molecule has 1 aromatic carbocycles. The van der Waals surface area contributed by atoms with Crippen molar-refractivity contribution in [3.8, 4) is 6.07 Å². The molecule has 0 aliphatic carbocycles. The van der Waals surface area contributed by atoms with E-state index in [-0.39, 0.29) is 12.3 Å². The fourth-order valence-electron chi connectivity index (χ4n) is 1.68. The van der Waals surface area contributed by atoms with Crippen molar-refractivity contribution in [2.45, 2.75) is 13.3 Å². The average molecular weight is 228 g/mol. The zero-order valence-electron chi connectivity index (χ0n) is 9.69. The molecule has 0 saturated carbocycles. The fraction of sp³-hybridized carbons (Fsp3) is 0.250. The SMILES string of the molecule is Cc1c2cc(NC(=O)CC#N)ccc2nn1C. The Kier molecular flexibility index (Phi) is 2.79. The minimum absolute atomic E-state index is 0.135. The first-order chi connectivity index (χ1) is 8.11. The third-order valence-electron chi connectivity index (χ3n) is 2.65. The molecule has 0 bridgehead atoms. The summed E-state index contributed by atoms with van der Waals surface area (Å²) in [4.78, 5) is 11.3. The number of carbonyl (C=O) groups is 1. The number of aromatic nitrogens is 2. The first-order valence-electron chi connectivity index (χ1n) is 5.22. The summed E-state index contributed by atoms with van der Waals surface area (Å²) in [6, 6.07) is 7.31. The monoisotopic (exact) mass is 228 g/mol. The van der Waals surface area contributed by atoms with Gasteiger partial charge in [0.05, 0.1) is 11.6 Å². The maximum atomic E-state index is 11.3. The number of benzene rings is 1. The molecule has 2 aromatic rings. The third-order valence-corrected chi connectivity index (χ3v) is 2.65. The number of nitrogens with one attached hydrogen (secondary N) is 1. The van der Waals surface area contributed by atoms with E-state index >= 15 is 0 Å². The van der Waals surface area contributed by atoms with E-state index in [0.717, 1.165) is 16.6 Å². The minimum Gasteiger partial charge on any atom is -0.325 e. The first kappa shape index (κ1) is 11.1. The summed E-state index contributed by atoms with van der Waals surface area (Å²) in [6.45, 7) is 1.97. The van der Waals surface area contributed by atoms with Gasteiger partial charge in [-0.3, -0.25) is 9.48 Å². The van der Waals surface area contributed by atoms with Crippen molar-refractivity contribution in [3.05, 3.63) is 23.9 Å². The van der Waals surface area contributed by atoms with E-state index in [0.29, 0.717) is 5.69 Å². The highest BCUT2D eigenvalue weighted by molar-refractivity contribution is 5.95. The van der Waals surface area contributed by atoms with Gasteiger partial charge in [0, 0.05) is 23.8 Å². The number of nitriles is 1. The van der Waals surface area contributed by atoms with Crippen molar-refractivity contribution >= 4 is 22.5 Å². The van der Waals surface area contributed by atoms with Crippen LogP contribution in [-0.2, 0) is 11.8 Å². The lowest BCUT2D eigenvalue weighted by atomic mass is 10.2. The highest BCUT2D eigenvalue weighted by atomic mass is 16.1. The Hall–Kier alpha value is -2.35. The highest BCUT2D eigenvalue weighted by Gasteiger charge is 2.07. The summed E-state index contributed by atoms with van der Waals surface area (Å²) < 4.78 is 1.80. The van der Waals surface area contributed by atoms with Crippen molar-refractivity contribution < 1.29 is 4.79 Å². The summed E-state index contributed by atoms with van der Waals surface area (Å²) in [5.41, 5.74) is 2.62. The van der Waals surface area contributed by atoms with Crippen LogP contribution >= 0.6 is 0 Å². The number of fused-ring (bicyclic) bond motifs is 1. The van der Waals surface area contributed by atoms with E-state index in [1.807, 2.05) is 32.2 Å². The van der Waals surface area contributed by atoms with Crippen molar-refractivity contribution in [2.75, 3.05) is 5.32 Å². The molecule has 5 nitrogen and oxygen atoms in total. The molecule has 1 aromatic heterocycles. The molecule has 86 valence electrons. The number of carbonyl (C=O) groups excluding carboxylic acids is 1. The van der Waals surface area contributed by atoms with Gasteiger partial charge in [-0.25, -0.2) is 0 Å². The molecule has 1 heterocycles. The third kappa shape index (κ3) is 2.11. The summed E-state index contributed by atoms with van der Waals surface area (Å²) >= 11 is 0. The Bertz CT molecular complexity index is 621. The number of amides is 1. The normalized spacial score (nSPS) is 10.2. The zero-order chi connectivity index (χ0) is 12.4. The van der Waals surface area contributed by atoms with Crippen LogP contribution in [0.5, 0.6) is 0 Å². The second kappa shape index (κ2) is 4.26. The Morgan fingerprint density at radius 1 is 1.59 bits per heavy atom. The molecule has 0 unspecified atom stereocenters. The van der Waals surface area contributed by atoms with E-state index in [2.05, 4.69) is 10.4 Å². The number of anilines is 1. The molecular formula is C12H12N4O. The van der Waals surface area contributed by atoms with Crippen LogP contribution in [0.4, 0.5) is 5.69 Å². The number of hydrogen-bond acceptors (Lipinski definition) is 3. The van der Waals surface area contributed by atoms with Gasteiger partial charge in [-0.2, -0.15) is 10.4 Å². The van der Waals surface area contributed by atoms with Crippen LogP contribution in [0, 0.1) is 18.3 Å². The second-order valence-corrected chi connectivity index (χ2v) is 3.82. The smallest absolute Gasteiger partial charge is 0.238 e. The molecular weight excluding hydrogens is 216 g/mol. The van der Waals surface area contributed by atoms with Crippen LogP contribution in [0.2, 0.25) is 0 Å². The van der Waals surface area contributed by atoms with Gasteiger partial charge in [0.15, 0.2) is 0 Å². The van der Waals surface area contributed by atoms with Gasteiger partial charge >= 0.3 is 0 Å². The van der Waals surface area contributed by atoms with E-state index < -0.39 is 0 Å². The van der Waals surface area contributed by atoms with Crippen molar-refractivity contribution in [3.63, 3.8) is 0 Å². The number of rotatable bonds is 2. The lowest BCUT2D eigenvalue weighted by molar-refractivity contribution is -0.115. The highest BCUT2D eigenvalue weighted by Crippen LogP contribution is 2.21. The molecule has 0 saturated heterocycles. The topological polar surface area (TPSA) is 70.7 Å². The maximum Gasteiger partial charge on any atom is 0.238 e. The molecule has 0 aliphatic heterocycles. The van der Waals surface area contributed by atoms with Crippen LogP contribution in [0.15, 0.2) is 18.2 Å². The molecule has 0 atom stereocenters. The molecule has 0 spiro atoms. The van der Waals surface area contributed by atoms with Crippen LogP contribution in [0.3, 0.4) is 0 Å². The Labute approximate surface area is 98.6 Å². The van der Waals surface area contributed by atoms with Gasteiger partial charge in [-0.05, 0) is 25.1 Å². The molecule has 0 aliphatic rings. The molecule has 1 amide bonds. The Morgan fingerprint density at radius 2 is 2.35 bits per heavy atom. The summed E-state index contributed by atoms with van der Waals surface area (Å²) in [5, 5.41) is 16.4. The van der Waals surface area contributed by atoms with Gasteiger partial charge < -0.3 is 5.32 Å². The standard InChI is InChI=1S/C12H12N4O/c1-8-10-7-9(14-12(17)5-6-13)3-4-11(10)15-16(8)2/h3-4,7H,5H2,1-2H3,(H,14,17). The maximum absolute atomic E-state index is 11.3. The predicted octanol–water partition coefficient (Wildman–Crippen LogP) is 1.73. The van der Waals surface area contributed by atoms with Gasteiger partial charge in [0.25, 0.3) is 0 Å². The number of aryl methyl sites for hydroxylation is 2. The largest absolute Gasteiger partial charge is 0.325 e. The van der Waals surface area contributed by atoms with Gasteiger partial charge in [-0.1, -0.05) is 0 Å². The van der Waals surface area contributed by atoms with Gasteiger partial charge in [-0.15, -0.1) is 0 Å². The lowest BCUT2D eigenvalue weighted by Crippen LogP contribution is -2.09. The van der Waals surface area contributed by atoms with Crippen molar-refractivity contribution in [2.24, 2.45) is 7.05 Å². The van der Waals surface area contributed by atoms with Gasteiger partial charge in [0.1, 0.15) is 6.42 Å². The van der Waals surface area contributed by atoms with E-state index in [4.69, 9.17) is 5.26 Å². The van der Waals surface area contributed by atoms with Crippen LogP contribution in [-0.4, -0.2) is 15.7 Å². The molecule has 17 heavy (non-hydrogen) atoms. The average Bonchev–Trinajstić information content (AvgIpc) is 2.56. The zero-order valence-corrected chi connectivity index (χ0v) is 9.69. The Balaban J connectivity index is 2.35. The van der Waals surface area contributed by atoms with E-state index in [1.165, 1.54) is 0 Å². The molecule has 0 radical (unpaired) electrons. The van der Waals surface area contributed by atoms with Crippen molar-refractivity contribution in [1.82, 2.24) is 9.78 Å². The fourth-order valence-corrected chi connectivity index (χ4v) is 1.68. The van der Waals surface area contributed by atoms with Crippen LogP contribution in [0.1, 0.15) is 12.1 Å². The van der Waals surface area contributed by atoms with E-state index in [1.54, 1.807) is 10.7 Å². The summed E-state index contributed by atoms with van der Waals surface area (Å²) in [5.74, 6) is -0.298. The number of nitrogens with zero attached hydrogens (tertiary/aromatic N) is 3.